The van der Waals surface area contributed by atoms with Crippen LogP contribution >= 0.6 is 0 Å². The lowest BCUT2D eigenvalue weighted by atomic mass is 9.81. The Balaban J connectivity index is 0.00000138. The van der Waals surface area contributed by atoms with Crippen molar-refractivity contribution in [2.45, 2.75) is 91.4 Å². The van der Waals surface area contributed by atoms with Gasteiger partial charge in [-0.25, -0.2) is 9.97 Å². The van der Waals surface area contributed by atoms with Crippen LogP contribution in [0, 0.1) is 0 Å². The third-order valence-electron chi connectivity index (χ3n) is 6.88. The summed E-state index contributed by atoms with van der Waals surface area (Å²) in [7, 11) is 3.83. The number of nitrogens with one attached hydrogen (secondary N) is 2. The Hall–Kier alpha value is -3.21. The van der Waals surface area contributed by atoms with Crippen molar-refractivity contribution in [3.63, 3.8) is 0 Å². The van der Waals surface area contributed by atoms with Crippen molar-refractivity contribution in [1.29, 1.82) is 0 Å². The normalized spacial score (nSPS) is 18.4. The van der Waals surface area contributed by atoms with E-state index in [1.807, 2.05) is 72.9 Å². The van der Waals surface area contributed by atoms with Gasteiger partial charge in [0, 0.05) is 51.2 Å². The van der Waals surface area contributed by atoms with E-state index >= 15 is 0 Å². The first-order valence-corrected chi connectivity index (χ1v) is 15.1. The van der Waals surface area contributed by atoms with E-state index in [0.717, 1.165) is 50.9 Å². The van der Waals surface area contributed by atoms with Gasteiger partial charge in [-0.15, -0.1) is 0 Å². The molecule has 4 rings (SSSR count). The van der Waals surface area contributed by atoms with E-state index in [-0.39, 0.29) is 24.1 Å². The number of hydrogen-bond acceptors (Lipinski definition) is 6. The highest BCUT2D eigenvalue weighted by molar-refractivity contribution is 5.96. The highest BCUT2D eigenvalue weighted by atomic mass is 19.4. The van der Waals surface area contributed by atoms with E-state index in [0.29, 0.717) is 17.9 Å². The number of amides is 2. The quantitative estimate of drug-likeness (QED) is 0.415. The van der Waals surface area contributed by atoms with Gasteiger partial charge in [0.1, 0.15) is 0 Å². The second kappa shape index (κ2) is 18.4. The molecule has 0 bridgehead atoms. The van der Waals surface area contributed by atoms with Crippen LogP contribution in [-0.4, -0.2) is 72.5 Å². The first-order chi connectivity index (χ1) is 20.1. The van der Waals surface area contributed by atoms with E-state index in [9.17, 15) is 22.8 Å². The molecule has 1 saturated heterocycles. The van der Waals surface area contributed by atoms with Crippen molar-refractivity contribution < 1.29 is 22.8 Å². The molecule has 2 aromatic rings. The van der Waals surface area contributed by atoms with Crippen LogP contribution in [0.4, 0.5) is 19.1 Å². The highest BCUT2D eigenvalue weighted by Crippen LogP contribution is 2.35. The average Bonchev–Trinajstić information content (AvgIpc) is 3.00. The smallest absolute Gasteiger partial charge is 0.349 e. The van der Waals surface area contributed by atoms with Gasteiger partial charge in [-0.1, -0.05) is 47.6 Å². The van der Waals surface area contributed by atoms with E-state index < -0.39 is 17.6 Å². The Kier molecular flexibility index (Phi) is 16.1. The third-order valence-corrected chi connectivity index (χ3v) is 6.88. The maximum absolute atomic E-state index is 12.8. The number of carbonyl (C=O) groups excluding carboxylic acids is 2. The molecule has 2 amide bonds. The molecular weight excluding hydrogens is 545 g/mol. The molecule has 2 N–H and O–H groups in total. The molecule has 42 heavy (non-hydrogen) atoms. The van der Waals surface area contributed by atoms with E-state index in [1.165, 1.54) is 17.7 Å². The van der Waals surface area contributed by atoms with Crippen LogP contribution in [-0.2, 0) is 11.0 Å². The Bertz CT molecular complexity index is 1070. The third kappa shape index (κ3) is 10.9. The summed E-state index contributed by atoms with van der Waals surface area (Å²) in [6, 6.07) is 4.62. The fraction of sp³-hybridized carbons (Fsp3) is 0.613. The lowest BCUT2D eigenvalue weighted by molar-refractivity contribution is -0.137. The average molecular weight is 595 g/mol. The molecule has 2 fully saturated rings. The summed E-state index contributed by atoms with van der Waals surface area (Å²) in [5, 5.41) is 5.27. The van der Waals surface area contributed by atoms with Crippen molar-refractivity contribution in [2.24, 2.45) is 0 Å². The topological polar surface area (TPSA) is 90.5 Å². The van der Waals surface area contributed by atoms with Gasteiger partial charge >= 0.3 is 6.18 Å². The molecule has 0 unspecified atom stereocenters. The van der Waals surface area contributed by atoms with Gasteiger partial charge < -0.3 is 15.5 Å². The Morgan fingerprint density at radius 3 is 2.05 bits per heavy atom. The molecule has 1 saturated carbocycles. The first kappa shape index (κ1) is 36.8. The molecule has 11 heteroatoms. The second-order valence-corrected chi connectivity index (χ2v) is 9.70. The molecule has 0 radical (unpaired) electrons. The number of likely N-dealkylation sites (tertiary alicyclic amines) is 1. The number of benzene rings is 1. The monoisotopic (exact) mass is 594 g/mol. The van der Waals surface area contributed by atoms with Gasteiger partial charge in [0.15, 0.2) is 0 Å². The molecule has 1 aliphatic carbocycles. The largest absolute Gasteiger partial charge is 0.416 e. The number of carbonyl (C=O) groups is 2. The number of hydrogen-bond donors (Lipinski definition) is 2. The first-order valence-electron chi connectivity index (χ1n) is 15.1. The summed E-state index contributed by atoms with van der Waals surface area (Å²) in [6.45, 7) is 13.2. The van der Waals surface area contributed by atoms with E-state index in [4.69, 9.17) is 0 Å². The van der Waals surface area contributed by atoms with Crippen LogP contribution in [0.3, 0.4) is 0 Å². The van der Waals surface area contributed by atoms with Crippen LogP contribution in [0.2, 0.25) is 0 Å². The predicted molar refractivity (Wildman–Crippen MR) is 163 cm³/mol. The predicted octanol–water partition coefficient (Wildman–Crippen LogP) is 5.90. The van der Waals surface area contributed by atoms with Crippen LogP contribution in [0.25, 0.3) is 0 Å². The number of alkyl halides is 3. The minimum absolute atomic E-state index is 0.00709. The SMILES string of the molecule is CC.CC.CC.CN(C)c1ncc(C2CCC(N3CC(NC(=O)CNC(=O)c4cccc(C(F)(F)F)c4)C3)CC2)cn1. The maximum atomic E-state index is 12.8. The summed E-state index contributed by atoms with van der Waals surface area (Å²) in [4.78, 5) is 37.5. The minimum atomic E-state index is -4.53. The summed E-state index contributed by atoms with van der Waals surface area (Å²) in [5.74, 6) is 0.0980. The number of rotatable bonds is 7. The Labute approximate surface area is 249 Å². The standard InChI is InChI=1S/C25H31F3N6O2.3C2H6/c1-33(2)24-30-11-18(12-31-24)16-6-8-21(9-7-16)34-14-20(15-34)32-22(35)13-29-23(36)17-4-3-5-19(10-17)25(26,27)28;3*1-2/h3-5,10-12,16,20-21H,6-9,13-15H2,1-2H3,(H,29,36)(H,32,35);3*1-2H3. The van der Waals surface area contributed by atoms with Crippen molar-refractivity contribution in [3.05, 3.63) is 53.3 Å². The highest BCUT2D eigenvalue weighted by Gasteiger charge is 2.35. The van der Waals surface area contributed by atoms with Crippen LogP contribution in [0.1, 0.15) is 94.6 Å². The molecular formula is C31H49F3N6O2. The number of anilines is 1. The molecule has 1 aliphatic heterocycles. The zero-order valence-corrected chi connectivity index (χ0v) is 26.4. The fourth-order valence-electron chi connectivity index (χ4n) is 4.83. The summed E-state index contributed by atoms with van der Waals surface area (Å²) >= 11 is 0. The van der Waals surface area contributed by atoms with Crippen molar-refractivity contribution >= 4 is 17.8 Å². The fourth-order valence-corrected chi connectivity index (χ4v) is 4.83. The van der Waals surface area contributed by atoms with Gasteiger partial charge in [0.05, 0.1) is 18.2 Å². The molecule has 236 valence electrons. The van der Waals surface area contributed by atoms with Gasteiger partial charge in [0.25, 0.3) is 5.91 Å². The number of nitrogens with zero attached hydrogens (tertiary/aromatic N) is 4. The summed E-state index contributed by atoms with van der Waals surface area (Å²) in [5.41, 5.74) is 0.141. The van der Waals surface area contributed by atoms with Gasteiger partial charge in [0.2, 0.25) is 11.9 Å². The summed E-state index contributed by atoms with van der Waals surface area (Å²) in [6.07, 6.45) is 3.62. The molecule has 0 atom stereocenters. The summed E-state index contributed by atoms with van der Waals surface area (Å²) < 4.78 is 38.5. The van der Waals surface area contributed by atoms with Crippen LogP contribution in [0.15, 0.2) is 36.7 Å². The molecule has 2 aliphatic rings. The van der Waals surface area contributed by atoms with E-state index in [1.54, 1.807) is 0 Å². The molecule has 8 nitrogen and oxygen atoms in total. The number of aromatic nitrogens is 2. The van der Waals surface area contributed by atoms with Crippen LogP contribution < -0.4 is 15.5 Å². The van der Waals surface area contributed by atoms with Gasteiger partial charge in [-0.05, 0) is 55.4 Å². The Morgan fingerprint density at radius 1 is 0.952 bits per heavy atom. The Morgan fingerprint density at radius 2 is 1.52 bits per heavy atom. The minimum Gasteiger partial charge on any atom is -0.349 e. The zero-order valence-electron chi connectivity index (χ0n) is 26.4. The number of halogens is 3. The van der Waals surface area contributed by atoms with Gasteiger partial charge in [-0.2, -0.15) is 13.2 Å². The lowest BCUT2D eigenvalue weighted by Gasteiger charge is -2.46. The molecule has 2 heterocycles. The van der Waals surface area contributed by atoms with Crippen molar-refractivity contribution in [2.75, 3.05) is 38.6 Å². The van der Waals surface area contributed by atoms with Gasteiger partial charge in [-0.3, -0.25) is 14.5 Å². The molecule has 1 aromatic carbocycles. The second-order valence-electron chi connectivity index (χ2n) is 9.70. The van der Waals surface area contributed by atoms with Crippen molar-refractivity contribution in [3.8, 4) is 0 Å². The lowest BCUT2D eigenvalue weighted by Crippen LogP contribution is -2.63. The maximum Gasteiger partial charge on any atom is 0.416 e. The molecule has 0 spiro atoms. The van der Waals surface area contributed by atoms with E-state index in [2.05, 4.69) is 25.5 Å². The zero-order chi connectivity index (χ0) is 31.9. The van der Waals surface area contributed by atoms with Crippen molar-refractivity contribution in [1.82, 2.24) is 25.5 Å². The van der Waals surface area contributed by atoms with Crippen LogP contribution in [0.5, 0.6) is 0 Å². The molecule has 1 aromatic heterocycles.